The number of hydrogen-bond acceptors (Lipinski definition) is 6. The number of nitrogens with zero attached hydrogens (tertiary/aromatic N) is 5. The molecule has 2 aromatic rings. The molecule has 2 aliphatic rings. The monoisotopic (exact) mass is 353 g/mol. The van der Waals surface area contributed by atoms with Crippen molar-refractivity contribution in [1.82, 2.24) is 19.9 Å². The molecule has 1 unspecified atom stereocenters. The summed E-state index contributed by atoms with van der Waals surface area (Å²) in [6, 6.07) is 6.42. The van der Waals surface area contributed by atoms with Crippen LogP contribution in [-0.2, 0) is 19.4 Å². The van der Waals surface area contributed by atoms with Gasteiger partial charge in [0.2, 0.25) is 5.88 Å². The van der Waals surface area contributed by atoms with Gasteiger partial charge in [0.15, 0.2) is 0 Å². The van der Waals surface area contributed by atoms with Gasteiger partial charge in [0.25, 0.3) is 0 Å². The zero-order valence-electron chi connectivity index (χ0n) is 15.7. The highest BCUT2D eigenvalue weighted by molar-refractivity contribution is 5.50. The topological polar surface area (TPSA) is 54.4 Å². The third-order valence-corrected chi connectivity index (χ3v) is 5.52. The number of fused-ring (bicyclic) bond motifs is 1. The van der Waals surface area contributed by atoms with E-state index < -0.39 is 0 Å². The first-order chi connectivity index (χ1) is 12.7. The fourth-order valence-corrected chi connectivity index (χ4v) is 4.07. The maximum Gasteiger partial charge on any atom is 0.213 e. The van der Waals surface area contributed by atoms with Crippen LogP contribution < -0.4 is 9.64 Å². The molecule has 1 fully saturated rings. The van der Waals surface area contributed by atoms with E-state index in [9.17, 15) is 0 Å². The van der Waals surface area contributed by atoms with Gasteiger partial charge in [0.05, 0.1) is 12.8 Å². The molecular weight excluding hydrogens is 326 g/mol. The van der Waals surface area contributed by atoms with E-state index in [0.29, 0.717) is 11.9 Å². The van der Waals surface area contributed by atoms with E-state index in [2.05, 4.69) is 37.7 Å². The van der Waals surface area contributed by atoms with Crippen LogP contribution in [0, 0.1) is 0 Å². The van der Waals surface area contributed by atoms with E-state index in [4.69, 9.17) is 4.74 Å². The lowest BCUT2D eigenvalue weighted by Gasteiger charge is -2.41. The van der Waals surface area contributed by atoms with E-state index in [-0.39, 0.29) is 0 Å². The summed E-state index contributed by atoms with van der Waals surface area (Å²) in [5.74, 6) is 1.85. The van der Waals surface area contributed by atoms with Gasteiger partial charge in [-0.05, 0) is 38.7 Å². The number of anilines is 1. The van der Waals surface area contributed by atoms with E-state index in [1.165, 1.54) is 29.9 Å². The molecule has 1 aliphatic heterocycles. The third-order valence-electron chi connectivity index (χ3n) is 5.52. The number of pyridine rings is 1. The van der Waals surface area contributed by atoms with Crippen LogP contribution in [0.3, 0.4) is 0 Å². The molecule has 1 saturated heterocycles. The molecular formula is C20H27N5O. The first kappa shape index (κ1) is 17.2. The predicted molar refractivity (Wildman–Crippen MR) is 102 cm³/mol. The molecule has 3 heterocycles. The molecule has 0 amide bonds. The molecule has 0 aromatic carbocycles. The van der Waals surface area contributed by atoms with Gasteiger partial charge in [-0.25, -0.2) is 15.0 Å². The van der Waals surface area contributed by atoms with Crippen LogP contribution in [0.25, 0.3) is 0 Å². The Morgan fingerprint density at radius 2 is 2.04 bits per heavy atom. The molecule has 4 rings (SSSR count). The molecule has 2 aromatic heterocycles. The largest absolute Gasteiger partial charge is 0.481 e. The summed E-state index contributed by atoms with van der Waals surface area (Å²) in [6.45, 7) is 6.15. The van der Waals surface area contributed by atoms with Crippen molar-refractivity contribution in [3.63, 3.8) is 0 Å². The molecule has 6 heteroatoms. The zero-order chi connectivity index (χ0) is 17.9. The second-order valence-corrected chi connectivity index (χ2v) is 7.27. The van der Waals surface area contributed by atoms with Crippen molar-refractivity contribution in [1.29, 1.82) is 0 Å². The summed E-state index contributed by atoms with van der Waals surface area (Å²) in [6.07, 6.45) is 6.47. The SMILES string of the molecule is COc1cccc(CN2CCN(c3ncnc4c3CCCC4)CC2C)n1. The van der Waals surface area contributed by atoms with Crippen LogP contribution in [0.5, 0.6) is 5.88 Å². The van der Waals surface area contributed by atoms with E-state index in [1.807, 2.05) is 12.1 Å². The summed E-state index contributed by atoms with van der Waals surface area (Å²) in [5.41, 5.74) is 3.70. The van der Waals surface area contributed by atoms with Crippen molar-refractivity contribution in [2.24, 2.45) is 0 Å². The highest BCUT2D eigenvalue weighted by Crippen LogP contribution is 2.28. The Hall–Kier alpha value is -2.21. The minimum atomic E-state index is 0.450. The Morgan fingerprint density at radius 1 is 1.15 bits per heavy atom. The molecule has 0 spiro atoms. The van der Waals surface area contributed by atoms with Gasteiger partial charge in [-0.1, -0.05) is 6.07 Å². The van der Waals surface area contributed by atoms with Gasteiger partial charge in [0.1, 0.15) is 12.1 Å². The van der Waals surface area contributed by atoms with Crippen LogP contribution in [0.15, 0.2) is 24.5 Å². The van der Waals surface area contributed by atoms with Crippen LogP contribution >= 0.6 is 0 Å². The van der Waals surface area contributed by atoms with Crippen LogP contribution in [0.4, 0.5) is 5.82 Å². The molecule has 0 saturated carbocycles. The molecule has 1 aliphatic carbocycles. The third kappa shape index (κ3) is 3.51. The summed E-state index contributed by atoms with van der Waals surface area (Å²) in [4.78, 5) is 18.7. The molecule has 0 bridgehead atoms. The molecule has 26 heavy (non-hydrogen) atoms. The zero-order valence-corrected chi connectivity index (χ0v) is 15.7. The van der Waals surface area contributed by atoms with Gasteiger partial charge in [-0.15, -0.1) is 0 Å². The van der Waals surface area contributed by atoms with Crippen LogP contribution in [-0.4, -0.2) is 52.6 Å². The fourth-order valence-electron chi connectivity index (χ4n) is 4.07. The molecule has 0 radical (unpaired) electrons. The molecule has 6 nitrogen and oxygen atoms in total. The van der Waals surface area contributed by atoms with Gasteiger partial charge in [-0.3, -0.25) is 4.90 Å². The van der Waals surface area contributed by atoms with Crippen LogP contribution in [0.2, 0.25) is 0 Å². The minimum absolute atomic E-state index is 0.450. The van der Waals surface area contributed by atoms with Crippen molar-refractivity contribution >= 4 is 5.82 Å². The quantitative estimate of drug-likeness (QED) is 0.842. The maximum atomic E-state index is 5.25. The maximum absolute atomic E-state index is 5.25. The van der Waals surface area contributed by atoms with Crippen LogP contribution in [0.1, 0.15) is 36.7 Å². The molecule has 138 valence electrons. The Bertz CT molecular complexity index is 766. The number of rotatable bonds is 4. The van der Waals surface area contributed by atoms with Gasteiger partial charge in [0, 0.05) is 49.5 Å². The standard InChI is InChI=1S/C20H27N5O/c1-15-12-25(20-17-7-3-4-8-18(17)21-14-22-20)11-10-24(15)13-16-6-5-9-19(23-16)26-2/h5-6,9,14-15H,3-4,7-8,10-13H2,1-2H3. The normalized spacial score (nSPS) is 20.7. The summed E-state index contributed by atoms with van der Waals surface area (Å²) < 4.78 is 5.25. The second kappa shape index (κ2) is 7.58. The molecule has 0 N–H and O–H groups in total. The lowest BCUT2D eigenvalue weighted by Crippen LogP contribution is -2.52. The first-order valence-corrected chi connectivity index (χ1v) is 9.56. The number of aromatic nitrogens is 3. The van der Waals surface area contributed by atoms with Crippen molar-refractivity contribution in [3.05, 3.63) is 41.5 Å². The fraction of sp³-hybridized carbons (Fsp3) is 0.550. The van der Waals surface area contributed by atoms with E-state index in [1.54, 1.807) is 13.4 Å². The van der Waals surface area contributed by atoms with E-state index >= 15 is 0 Å². The Morgan fingerprint density at radius 3 is 2.88 bits per heavy atom. The summed E-state index contributed by atoms with van der Waals surface area (Å²) in [7, 11) is 1.66. The minimum Gasteiger partial charge on any atom is -0.481 e. The van der Waals surface area contributed by atoms with E-state index in [0.717, 1.165) is 44.7 Å². The highest BCUT2D eigenvalue weighted by Gasteiger charge is 2.27. The predicted octanol–water partition coefficient (Wildman–Crippen LogP) is 2.47. The lowest BCUT2D eigenvalue weighted by atomic mass is 9.96. The number of piperazine rings is 1. The summed E-state index contributed by atoms with van der Waals surface area (Å²) in [5, 5.41) is 0. The van der Waals surface area contributed by atoms with Gasteiger partial charge in [-0.2, -0.15) is 0 Å². The highest BCUT2D eigenvalue weighted by atomic mass is 16.5. The van der Waals surface area contributed by atoms with Gasteiger partial charge < -0.3 is 9.64 Å². The number of hydrogen-bond donors (Lipinski definition) is 0. The van der Waals surface area contributed by atoms with Crippen molar-refractivity contribution in [2.75, 3.05) is 31.6 Å². The average molecular weight is 353 g/mol. The Labute approximate surface area is 155 Å². The Kier molecular flexibility index (Phi) is 5.02. The van der Waals surface area contributed by atoms with Gasteiger partial charge >= 0.3 is 0 Å². The lowest BCUT2D eigenvalue weighted by molar-refractivity contribution is 0.178. The Balaban J connectivity index is 1.45. The van der Waals surface area contributed by atoms with Crippen molar-refractivity contribution in [2.45, 2.75) is 45.2 Å². The summed E-state index contributed by atoms with van der Waals surface area (Å²) >= 11 is 0. The second-order valence-electron chi connectivity index (χ2n) is 7.27. The average Bonchev–Trinajstić information content (AvgIpc) is 2.69. The smallest absolute Gasteiger partial charge is 0.213 e. The number of aryl methyl sites for hydroxylation is 1. The molecule has 1 atom stereocenters. The van der Waals surface area contributed by atoms with Crippen molar-refractivity contribution < 1.29 is 4.74 Å². The first-order valence-electron chi connectivity index (χ1n) is 9.56. The van der Waals surface area contributed by atoms with Crippen molar-refractivity contribution in [3.8, 4) is 5.88 Å². The number of methoxy groups -OCH3 is 1. The number of ether oxygens (including phenoxy) is 1.